The summed E-state index contributed by atoms with van der Waals surface area (Å²) in [6, 6.07) is 15.8. The lowest BCUT2D eigenvalue weighted by Crippen LogP contribution is -2.48. The van der Waals surface area contributed by atoms with Crippen LogP contribution in [-0.2, 0) is 14.3 Å². The van der Waals surface area contributed by atoms with Crippen LogP contribution < -0.4 is 10.6 Å². The zero-order valence-electron chi connectivity index (χ0n) is 22.4. The molecule has 2 N–H and O–H groups in total. The van der Waals surface area contributed by atoms with Gasteiger partial charge in [-0.3, -0.25) is 9.69 Å². The Balaban J connectivity index is 2.07. The molecule has 3 amide bonds. The van der Waals surface area contributed by atoms with Crippen molar-refractivity contribution in [2.45, 2.75) is 65.8 Å². The molecule has 0 saturated heterocycles. The number of urea groups is 1. The predicted octanol–water partition coefficient (Wildman–Crippen LogP) is 6.29. The molecule has 1 heterocycles. The lowest BCUT2D eigenvalue weighted by Gasteiger charge is -2.37. The van der Waals surface area contributed by atoms with Crippen LogP contribution in [0.2, 0.25) is 0 Å². The molecule has 1 aliphatic heterocycles. The quantitative estimate of drug-likeness (QED) is 0.332. The highest BCUT2D eigenvalue weighted by atomic mass is 16.5. The molecule has 2 unspecified atom stereocenters. The molecule has 0 radical (unpaired) electrons. The average molecular weight is 506 g/mol. The molecule has 0 aliphatic carbocycles. The minimum absolute atomic E-state index is 0.0129. The van der Waals surface area contributed by atoms with Crippen molar-refractivity contribution in [2.24, 2.45) is 5.92 Å². The van der Waals surface area contributed by atoms with Crippen LogP contribution in [0.3, 0.4) is 0 Å². The van der Waals surface area contributed by atoms with Crippen LogP contribution in [0.25, 0.3) is 5.70 Å². The van der Waals surface area contributed by atoms with Crippen molar-refractivity contribution in [3.05, 3.63) is 71.3 Å². The maximum absolute atomic E-state index is 13.4. The van der Waals surface area contributed by atoms with E-state index in [1.54, 1.807) is 11.8 Å². The number of carbonyl (C=O) groups excluding carboxylic acids is 3. The van der Waals surface area contributed by atoms with Crippen molar-refractivity contribution >= 4 is 29.3 Å². The smallest absolute Gasteiger partial charge is 0.338 e. The Kier molecular flexibility index (Phi) is 10.3. The second-order valence-electron chi connectivity index (χ2n) is 9.25. The standard InChI is InChI=1S/C30H39N3O4/c1-5-9-14-21(7-3)28(34)31-24-18-13-17-23(20-24)26-25(29(35)37-8-4)27(22-15-11-10-12-16-22)33(19-6-2)30(36)32-26/h10-13,15-18,20-21,26H,5-9,14,19H2,1-4H3,(H,31,34)(H,32,36). The van der Waals surface area contributed by atoms with E-state index >= 15 is 0 Å². The van der Waals surface area contributed by atoms with Gasteiger partial charge in [0, 0.05) is 18.2 Å². The van der Waals surface area contributed by atoms with Gasteiger partial charge in [-0.05, 0) is 49.4 Å². The molecule has 0 bridgehead atoms. The summed E-state index contributed by atoms with van der Waals surface area (Å²) in [5, 5.41) is 6.05. The topological polar surface area (TPSA) is 87.7 Å². The summed E-state index contributed by atoms with van der Waals surface area (Å²) in [6.07, 6.45) is 4.39. The lowest BCUT2D eigenvalue weighted by molar-refractivity contribution is -0.139. The third kappa shape index (κ3) is 6.79. The highest BCUT2D eigenvalue weighted by Gasteiger charge is 2.38. The van der Waals surface area contributed by atoms with Crippen LogP contribution in [0.4, 0.5) is 10.5 Å². The van der Waals surface area contributed by atoms with Gasteiger partial charge in [0.1, 0.15) is 0 Å². The summed E-state index contributed by atoms with van der Waals surface area (Å²) in [4.78, 5) is 41.3. The number of esters is 1. The minimum atomic E-state index is -0.728. The van der Waals surface area contributed by atoms with Crippen LogP contribution in [-0.4, -0.2) is 36.0 Å². The number of amides is 3. The van der Waals surface area contributed by atoms with Gasteiger partial charge in [-0.15, -0.1) is 0 Å². The number of rotatable bonds is 12. The Bertz CT molecular complexity index is 1110. The normalized spacial score (nSPS) is 16.3. The molecular formula is C30H39N3O4. The Hall–Kier alpha value is -3.61. The number of unbranched alkanes of at least 4 members (excludes halogenated alkanes) is 1. The van der Waals surface area contributed by atoms with Gasteiger partial charge < -0.3 is 15.4 Å². The van der Waals surface area contributed by atoms with Crippen molar-refractivity contribution in [1.29, 1.82) is 0 Å². The summed E-state index contributed by atoms with van der Waals surface area (Å²) in [6.45, 7) is 8.56. The van der Waals surface area contributed by atoms with Crippen molar-refractivity contribution < 1.29 is 19.1 Å². The largest absolute Gasteiger partial charge is 0.463 e. The molecule has 1 aliphatic rings. The number of hydrogen-bond acceptors (Lipinski definition) is 4. The van der Waals surface area contributed by atoms with Crippen molar-refractivity contribution in [3.8, 4) is 0 Å². The molecular weight excluding hydrogens is 466 g/mol. The average Bonchev–Trinajstić information content (AvgIpc) is 2.90. The van der Waals surface area contributed by atoms with Crippen molar-refractivity contribution in [2.75, 3.05) is 18.5 Å². The van der Waals surface area contributed by atoms with E-state index in [0.717, 1.165) is 37.7 Å². The van der Waals surface area contributed by atoms with E-state index in [4.69, 9.17) is 4.74 Å². The van der Waals surface area contributed by atoms with Crippen LogP contribution >= 0.6 is 0 Å². The van der Waals surface area contributed by atoms with Crippen molar-refractivity contribution in [3.63, 3.8) is 0 Å². The van der Waals surface area contributed by atoms with E-state index in [1.165, 1.54) is 0 Å². The molecule has 0 aromatic heterocycles. The maximum Gasteiger partial charge on any atom is 0.338 e. The second kappa shape index (κ2) is 13.6. The van der Waals surface area contributed by atoms with Gasteiger partial charge in [0.05, 0.1) is 23.9 Å². The first kappa shape index (κ1) is 28.0. The molecule has 7 nitrogen and oxygen atoms in total. The SMILES string of the molecule is CCCCC(CC)C(=O)Nc1cccc(C2NC(=O)N(CCC)C(c3ccccc3)=C2C(=O)OCC)c1. The molecule has 2 atom stereocenters. The fourth-order valence-corrected chi connectivity index (χ4v) is 4.69. The Morgan fingerprint density at radius 1 is 1.03 bits per heavy atom. The summed E-state index contributed by atoms with van der Waals surface area (Å²) in [5.41, 5.74) is 3.02. The number of benzene rings is 2. The first-order valence-corrected chi connectivity index (χ1v) is 13.4. The maximum atomic E-state index is 13.4. The summed E-state index contributed by atoms with van der Waals surface area (Å²) >= 11 is 0. The predicted molar refractivity (Wildman–Crippen MR) is 147 cm³/mol. The summed E-state index contributed by atoms with van der Waals surface area (Å²) < 4.78 is 5.48. The second-order valence-corrected chi connectivity index (χ2v) is 9.25. The van der Waals surface area contributed by atoms with Crippen LogP contribution in [0.5, 0.6) is 0 Å². The molecule has 3 rings (SSSR count). The van der Waals surface area contributed by atoms with Gasteiger partial charge in [-0.25, -0.2) is 9.59 Å². The van der Waals surface area contributed by atoms with Crippen molar-refractivity contribution in [1.82, 2.24) is 10.2 Å². The van der Waals surface area contributed by atoms with Gasteiger partial charge in [0.2, 0.25) is 5.91 Å². The van der Waals surface area contributed by atoms with Crippen LogP contribution in [0.1, 0.15) is 77.0 Å². The zero-order valence-corrected chi connectivity index (χ0v) is 22.4. The molecule has 2 aromatic carbocycles. The van der Waals surface area contributed by atoms with Crippen LogP contribution in [0.15, 0.2) is 60.2 Å². The highest BCUT2D eigenvalue weighted by Crippen LogP contribution is 2.37. The third-order valence-corrected chi connectivity index (χ3v) is 6.57. The first-order valence-electron chi connectivity index (χ1n) is 13.4. The van der Waals surface area contributed by atoms with E-state index in [0.29, 0.717) is 29.1 Å². The molecule has 0 saturated carbocycles. The van der Waals surface area contributed by atoms with Gasteiger partial charge >= 0.3 is 12.0 Å². The number of hydrogen-bond donors (Lipinski definition) is 2. The highest BCUT2D eigenvalue weighted by molar-refractivity contribution is 6.04. The Morgan fingerprint density at radius 3 is 2.43 bits per heavy atom. The van der Waals surface area contributed by atoms with E-state index in [2.05, 4.69) is 17.6 Å². The molecule has 7 heteroatoms. The van der Waals surface area contributed by atoms with Gasteiger partial charge in [0.25, 0.3) is 0 Å². The van der Waals surface area contributed by atoms with Gasteiger partial charge in [0.15, 0.2) is 0 Å². The van der Waals surface area contributed by atoms with E-state index in [1.807, 2.05) is 68.4 Å². The van der Waals surface area contributed by atoms with E-state index in [9.17, 15) is 14.4 Å². The van der Waals surface area contributed by atoms with Crippen LogP contribution in [0, 0.1) is 5.92 Å². The Labute approximate surface area is 220 Å². The molecule has 2 aromatic rings. The molecule has 37 heavy (non-hydrogen) atoms. The van der Waals surface area contributed by atoms with E-state index in [-0.39, 0.29) is 24.5 Å². The lowest BCUT2D eigenvalue weighted by atomic mass is 9.91. The molecule has 0 fully saturated rings. The molecule has 198 valence electrons. The van der Waals surface area contributed by atoms with E-state index < -0.39 is 12.0 Å². The minimum Gasteiger partial charge on any atom is -0.463 e. The fraction of sp³-hybridized carbons (Fsp3) is 0.433. The first-order chi connectivity index (χ1) is 17.9. The zero-order chi connectivity index (χ0) is 26.8. The third-order valence-electron chi connectivity index (χ3n) is 6.57. The van der Waals surface area contributed by atoms with Gasteiger partial charge in [-0.2, -0.15) is 0 Å². The fourth-order valence-electron chi connectivity index (χ4n) is 4.69. The number of nitrogens with one attached hydrogen (secondary N) is 2. The number of nitrogens with zero attached hydrogens (tertiary/aromatic N) is 1. The Morgan fingerprint density at radius 2 is 1.78 bits per heavy atom. The monoisotopic (exact) mass is 505 g/mol. The summed E-state index contributed by atoms with van der Waals surface area (Å²) in [5.74, 6) is -0.547. The van der Waals surface area contributed by atoms with Gasteiger partial charge in [-0.1, -0.05) is 76.1 Å². The number of ether oxygens (including phenoxy) is 1. The summed E-state index contributed by atoms with van der Waals surface area (Å²) in [7, 11) is 0. The molecule has 0 spiro atoms. The number of carbonyl (C=O) groups is 3. The number of anilines is 1.